The molecule has 0 saturated carbocycles. The number of aliphatic carboxylic acids is 1. The Morgan fingerprint density at radius 2 is 2.25 bits per heavy atom. The fourth-order valence-corrected chi connectivity index (χ4v) is 2.28. The van der Waals surface area contributed by atoms with E-state index in [1.807, 2.05) is 6.92 Å². The van der Waals surface area contributed by atoms with Gasteiger partial charge in [0.05, 0.1) is 6.04 Å². The molecular formula is C11H20N2O3. The average Bonchev–Trinajstić information content (AvgIpc) is 2.18. The second kappa shape index (κ2) is 4.82. The van der Waals surface area contributed by atoms with E-state index in [0.29, 0.717) is 13.0 Å². The maximum atomic E-state index is 11.7. The van der Waals surface area contributed by atoms with Gasteiger partial charge in [-0.3, -0.25) is 14.5 Å². The van der Waals surface area contributed by atoms with Crippen molar-refractivity contribution in [1.29, 1.82) is 0 Å². The van der Waals surface area contributed by atoms with Crippen LogP contribution in [0.25, 0.3) is 0 Å². The lowest BCUT2D eigenvalue weighted by Gasteiger charge is -2.46. The van der Waals surface area contributed by atoms with Crippen molar-refractivity contribution in [2.24, 2.45) is 0 Å². The van der Waals surface area contributed by atoms with Crippen LogP contribution in [-0.2, 0) is 9.59 Å². The molecule has 1 rings (SSSR count). The third-order valence-electron chi connectivity index (χ3n) is 3.12. The Labute approximate surface area is 95.8 Å². The molecule has 1 amide bonds. The van der Waals surface area contributed by atoms with Crippen LogP contribution in [0, 0.1) is 0 Å². The number of carboxylic acid groups (broad SMARTS) is 1. The van der Waals surface area contributed by atoms with Crippen molar-refractivity contribution in [2.75, 3.05) is 13.1 Å². The summed E-state index contributed by atoms with van der Waals surface area (Å²) in [6.45, 7) is 7.48. The maximum absolute atomic E-state index is 11.7. The minimum atomic E-state index is -0.854. The molecule has 0 aliphatic carbocycles. The van der Waals surface area contributed by atoms with E-state index in [9.17, 15) is 9.59 Å². The van der Waals surface area contributed by atoms with E-state index in [4.69, 9.17) is 5.11 Å². The zero-order chi connectivity index (χ0) is 12.3. The van der Waals surface area contributed by atoms with Gasteiger partial charge in [0, 0.05) is 18.5 Å². The summed E-state index contributed by atoms with van der Waals surface area (Å²) >= 11 is 0. The molecule has 1 aliphatic heterocycles. The number of piperazine rings is 1. The summed E-state index contributed by atoms with van der Waals surface area (Å²) in [6.07, 6.45) is 0.406. The number of nitrogens with zero attached hydrogens (tertiary/aromatic N) is 1. The van der Waals surface area contributed by atoms with Crippen molar-refractivity contribution in [3.8, 4) is 0 Å². The van der Waals surface area contributed by atoms with E-state index in [2.05, 4.69) is 24.1 Å². The number of carboxylic acids is 1. The van der Waals surface area contributed by atoms with E-state index in [0.717, 1.165) is 6.54 Å². The molecule has 2 N–H and O–H groups in total. The monoisotopic (exact) mass is 228 g/mol. The van der Waals surface area contributed by atoms with Gasteiger partial charge in [-0.25, -0.2) is 0 Å². The summed E-state index contributed by atoms with van der Waals surface area (Å²) in [4.78, 5) is 24.4. The molecule has 1 aliphatic rings. The topological polar surface area (TPSA) is 69.6 Å². The standard InChI is InChI=1S/C11H20N2O3/c1-4-13-8(5-6-9(14)15)10(16)12-7-11(13,2)3/h8H,4-7H2,1-3H3,(H,12,16)(H,14,15). The lowest BCUT2D eigenvalue weighted by molar-refractivity contribution is -0.139. The summed E-state index contributed by atoms with van der Waals surface area (Å²) in [5.41, 5.74) is -0.105. The third kappa shape index (κ3) is 2.72. The first-order valence-corrected chi connectivity index (χ1v) is 5.64. The molecule has 0 radical (unpaired) electrons. The van der Waals surface area contributed by atoms with E-state index in [-0.39, 0.29) is 23.9 Å². The Kier molecular flexibility index (Phi) is 3.91. The van der Waals surface area contributed by atoms with Crippen LogP contribution in [0.3, 0.4) is 0 Å². The van der Waals surface area contributed by atoms with E-state index in [1.54, 1.807) is 0 Å². The molecule has 1 heterocycles. The van der Waals surface area contributed by atoms with Gasteiger partial charge in [-0.15, -0.1) is 0 Å². The van der Waals surface area contributed by atoms with Crippen LogP contribution in [0.15, 0.2) is 0 Å². The average molecular weight is 228 g/mol. The Morgan fingerprint density at radius 1 is 1.62 bits per heavy atom. The molecule has 0 spiro atoms. The first kappa shape index (κ1) is 13.0. The van der Waals surface area contributed by atoms with Crippen molar-refractivity contribution in [3.63, 3.8) is 0 Å². The number of carbonyl (C=O) groups is 2. The molecule has 1 saturated heterocycles. The summed E-state index contributed by atoms with van der Waals surface area (Å²) in [5.74, 6) is -0.908. The number of nitrogens with one attached hydrogen (secondary N) is 1. The van der Waals surface area contributed by atoms with Gasteiger partial charge in [0.2, 0.25) is 5.91 Å². The number of likely N-dealkylation sites (N-methyl/N-ethyl adjacent to an activating group) is 1. The maximum Gasteiger partial charge on any atom is 0.303 e. The molecule has 5 heteroatoms. The number of hydrogen-bond acceptors (Lipinski definition) is 3. The van der Waals surface area contributed by atoms with Crippen LogP contribution in [0.4, 0.5) is 0 Å². The fourth-order valence-electron chi connectivity index (χ4n) is 2.28. The molecule has 1 fully saturated rings. The van der Waals surface area contributed by atoms with Gasteiger partial charge in [0.25, 0.3) is 0 Å². The molecular weight excluding hydrogens is 208 g/mol. The van der Waals surface area contributed by atoms with Crippen LogP contribution < -0.4 is 5.32 Å². The first-order valence-electron chi connectivity index (χ1n) is 5.64. The predicted octanol–water partition coefficient (Wildman–Crippen LogP) is 0.450. The van der Waals surface area contributed by atoms with Gasteiger partial charge in [-0.05, 0) is 26.8 Å². The molecule has 5 nitrogen and oxygen atoms in total. The zero-order valence-corrected chi connectivity index (χ0v) is 10.1. The fraction of sp³-hybridized carbons (Fsp3) is 0.818. The minimum Gasteiger partial charge on any atom is -0.481 e. The SMILES string of the molecule is CCN1C(CCC(=O)O)C(=O)NCC1(C)C. The first-order chi connectivity index (χ1) is 7.38. The van der Waals surface area contributed by atoms with Crippen molar-refractivity contribution in [2.45, 2.75) is 45.2 Å². The predicted molar refractivity (Wildman–Crippen MR) is 60.1 cm³/mol. The Bertz CT molecular complexity index is 289. The van der Waals surface area contributed by atoms with Gasteiger partial charge >= 0.3 is 5.97 Å². The number of amides is 1. The Balaban J connectivity index is 2.75. The Morgan fingerprint density at radius 3 is 2.75 bits per heavy atom. The second-order valence-electron chi connectivity index (χ2n) is 4.76. The number of rotatable bonds is 4. The summed E-state index contributed by atoms with van der Waals surface area (Å²) in [7, 11) is 0. The number of hydrogen-bond donors (Lipinski definition) is 2. The summed E-state index contributed by atoms with van der Waals surface area (Å²) in [6, 6.07) is -0.315. The van der Waals surface area contributed by atoms with Crippen LogP contribution in [0.5, 0.6) is 0 Å². The molecule has 1 unspecified atom stereocenters. The van der Waals surface area contributed by atoms with Crippen LogP contribution in [-0.4, -0.2) is 46.6 Å². The van der Waals surface area contributed by atoms with Crippen LogP contribution in [0.1, 0.15) is 33.6 Å². The highest BCUT2D eigenvalue weighted by Gasteiger charge is 2.39. The largest absolute Gasteiger partial charge is 0.481 e. The lowest BCUT2D eigenvalue weighted by Crippen LogP contribution is -2.65. The smallest absolute Gasteiger partial charge is 0.303 e. The van der Waals surface area contributed by atoms with Crippen LogP contribution >= 0.6 is 0 Å². The van der Waals surface area contributed by atoms with Crippen LogP contribution in [0.2, 0.25) is 0 Å². The van der Waals surface area contributed by atoms with Gasteiger partial charge in [0.1, 0.15) is 0 Å². The minimum absolute atomic E-state index is 0.0324. The van der Waals surface area contributed by atoms with E-state index < -0.39 is 5.97 Å². The summed E-state index contributed by atoms with van der Waals surface area (Å²) in [5, 5.41) is 11.5. The van der Waals surface area contributed by atoms with Gasteiger partial charge in [0.15, 0.2) is 0 Å². The molecule has 0 aromatic carbocycles. The molecule has 92 valence electrons. The Hall–Kier alpha value is -1.10. The second-order valence-corrected chi connectivity index (χ2v) is 4.76. The van der Waals surface area contributed by atoms with E-state index >= 15 is 0 Å². The molecule has 0 bridgehead atoms. The zero-order valence-electron chi connectivity index (χ0n) is 10.1. The highest BCUT2D eigenvalue weighted by molar-refractivity contribution is 5.83. The van der Waals surface area contributed by atoms with Crippen molar-refractivity contribution in [3.05, 3.63) is 0 Å². The quantitative estimate of drug-likeness (QED) is 0.733. The van der Waals surface area contributed by atoms with Crippen molar-refractivity contribution >= 4 is 11.9 Å². The van der Waals surface area contributed by atoms with Gasteiger partial charge in [-0.2, -0.15) is 0 Å². The highest BCUT2D eigenvalue weighted by atomic mass is 16.4. The van der Waals surface area contributed by atoms with Crippen molar-refractivity contribution < 1.29 is 14.7 Å². The normalized spacial score (nSPS) is 25.2. The van der Waals surface area contributed by atoms with E-state index in [1.165, 1.54) is 0 Å². The number of carbonyl (C=O) groups excluding carboxylic acids is 1. The molecule has 16 heavy (non-hydrogen) atoms. The van der Waals surface area contributed by atoms with Gasteiger partial charge < -0.3 is 10.4 Å². The highest BCUT2D eigenvalue weighted by Crippen LogP contribution is 2.23. The third-order valence-corrected chi connectivity index (χ3v) is 3.12. The lowest BCUT2D eigenvalue weighted by atomic mass is 9.93. The summed E-state index contributed by atoms with van der Waals surface area (Å²) < 4.78 is 0. The van der Waals surface area contributed by atoms with Crippen molar-refractivity contribution in [1.82, 2.24) is 10.2 Å². The molecule has 1 atom stereocenters. The molecule has 0 aromatic heterocycles. The molecule has 0 aromatic rings. The van der Waals surface area contributed by atoms with Gasteiger partial charge in [-0.1, -0.05) is 6.92 Å².